The highest BCUT2D eigenvalue weighted by molar-refractivity contribution is 6.18. The predicted molar refractivity (Wildman–Crippen MR) is 263 cm³/mol. The number of allylic oxidation sites excluding steroid dienone is 4. The Morgan fingerprint density at radius 2 is 0.984 bits per heavy atom. The van der Waals surface area contributed by atoms with E-state index in [0.717, 1.165) is 46.2 Å². The minimum absolute atomic E-state index is 0.160. The summed E-state index contributed by atoms with van der Waals surface area (Å²) in [5.41, 5.74) is 12.5. The first-order valence-corrected chi connectivity index (χ1v) is 21.5. The van der Waals surface area contributed by atoms with Crippen LogP contribution in [0, 0.1) is 0 Å². The molecule has 1 aliphatic carbocycles. The molecule has 0 spiro atoms. The van der Waals surface area contributed by atoms with Gasteiger partial charge in [0.1, 0.15) is 0 Å². The monoisotopic (exact) mass is 794 g/mol. The third kappa shape index (κ3) is 5.91. The summed E-state index contributed by atoms with van der Waals surface area (Å²) < 4.78 is 4.98. The van der Waals surface area contributed by atoms with Crippen LogP contribution in [0.15, 0.2) is 237 Å². The van der Waals surface area contributed by atoms with Gasteiger partial charge in [-0.3, -0.25) is 0 Å². The van der Waals surface area contributed by atoms with E-state index < -0.39 is 0 Å². The first-order chi connectivity index (χ1) is 30.8. The summed E-state index contributed by atoms with van der Waals surface area (Å²) in [5.74, 6) is 0. The van der Waals surface area contributed by atoms with E-state index in [0.29, 0.717) is 0 Å². The van der Waals surface area contributed by atoms with Crippen LogP contribution in [0.2, 0.25) is 0 Å². The van der Waals surface area contributed by atoms with E-state index in [1.807, 2.05) is 0 Å². The van der Waals surface area contributed by atoms with Crippen LogP contribution in [0.1, 0.15) is 12.5 Å². The molecule has 9 aromatic carbocycles. The fourth-order valence-corrected chi connectivity index (χ4v) is 9.80. The van der Waals surface area contributed by atoms with E-state index in [4.69, 9.17) is 0 Å². The number of fused-ring (bicyclic) bond motifs is 7. The number of hydrogen-bond donors (Lipinski definition) is 0. The van der Waals surface area contributed by atoms with Gasteiger partial charge in [0, 0.05) is 55.5 Å². The van der Waals surface area contributed by atoms with E-state index in [9.17, 15) is 0 Å². The van der Waals surface area contributed by atoms with Gasteiger partial charge in [0.15, 0.2) is 0 Å². The summed E-state index contributed by atoms with van der Waals surface area (Å²) in [5, 5.41) is 7.35. The van der Waals surface area contributed by atoms with E-state index in [1.54, 1.807) is 0 Å². The Bertz CT molecular complexity index is 3450. The molecule has 4 heteroatoms. The molecule has 2 heterocycles. The molecule has 0 radical (unpaired) electrons. The van der Waals surface area contributed by atoms with Crippen LogP contribution in [0.4, 0.5) is 34.1 Å². The molecule has 4 nitrogen and oxygen atoms in total. The van der Waals surface area contributed by atoms with Gasteiger partial charge in [0.05, 0.1) is 34.0 Å². The quantitative estimate of drug-likeness (QED) is 0.152. The standard InChI is InChI=1S/C58H42N4/c1-6-22-43(23-7-1)59(48-34-35-54-52(38-48)51-36-41-20-16-17-21-42(41)37-55(51)61(54)46-28-12-4-13-29-46)49-39-56(60(44-24-8-2-9-25-44)45-26-10-3-11-27-45)58-50-32-18-19-33-53(50)62(57(58)40-49)47-30-14-5-15-31-47/h1-30,32-40,47H,31H2. The molecule has 1 atom stereocenters. The minimum atomic E-state index is 0.160. The average Bonchev–Trinajstić information content (AvgIpc) is 3.84. The summed E-state index contributed by atoms with van der Waals surface area (Å²) in [6.45, 7) is 0. The van der Waals surface area contributed by atoms with E-state index in [1.165, 1.54) is 54.4 Å². The van der Waals surface area contributed by atoms with Crippen molar-refractivity contribution in [3.8, 4) is 5.69 Å². The van der Waals surface area contributed by atoms with Crippen molar-refractivity contribution >= 4 is 88.5 Å². The Morgan fingerprint density at radius 1 is 0.387 bits per heavy atom. The fourth-order valence-electron chi connectivity index (χ4n) is 9.80. The molecule has 0 aliphatic heterocycles. The summed E-state index contributed by atoms with van der Waals surface area (Å²) in [6.07, 6.45) is 9.92. The van der Waals surface area contributed by atoms with Gasteiger partial charge in [-0.1, -0.05) is 140 Å². The Morgan fingerprint density at radius 3 is 1.66 bits per heavy atom. The molecule has 11 aromatic rings. The SMILES string of the molecule is C1=CCC(n2c3ccccc3c3c(N(c4ccccc4)c4ccccc4)cc(N(c4ccccc4)c4ccc5c(c4)c4cc6ccccc6cc4n5-c4ccccc4)cc32)C=C1. The number of benzene rings is 9. The van der Waals surface area contributed by atoms with Crippen molar-refractivity contribution in [3.05, 3.63) is 237 Å². The molecule has 0 N–H and O–H groups in total. The summed E-state index contributed by atoms with van der Waals surface area (Å²) in [7, 11) is 0. The van der Waals surface area contributed by atoms with E-state index in [-0.39, 0.29) is 6.04 Å². The van der Waals surface area contributed by atoms with Crippen molar-refractivity contribution in [1.82, 2.24) is 9.13 Å². The van der Waals surface area contributed by atoms with Crippen LogP contribution >= 0.6 is 0 Å². The molecule has 2 aromatic heterocycles. The fraction of sp³-hybridized carbons (Fsp3) is 0.0345. The van der Waals surface area contributed by atoms with Crippen molar-refractivity contribution in [2.24, 2.45) is 0 Å². The molecule has 12 rings (SSSR count). The van der Waals surface area contributed by atoms with Crippen LogP contribution < -0.4 is 9.80 Å². The van der Waals surface area contributed by atoms with Crippen LogP contribution in [0.5, 0.6) is 0 Å². The molecule has 0 fully saturated rings. The lowest BCUT2D eigenvalue weighted by molar-refractivity contribution is 0.648. The molecule has 1 unspecified atom stereocenters. The zero-order chi connectivity index (χ0) is 41.0. The maximum Gasteiger partial charge on any atom is 0.0582 e. The van der Waals surface area contributed by atoms with Gasteiger partial charge >= 0.3 is 0 Å². The van der Waals surface area contributed by atoms with Gasteiger partial charge < -0.3 is 18.9 Å². The van der Waals surface area contributed by atoms with E-state index >= 15 is 0 Å². The second-order valence-corrected chi connectivity index (χ2v) is 16.1. The third-order valence-corrected chi connectivity index (χ3v) is 12.5. The molecular formula is C58H42N4. The molecule has 0 bridgehead atoms. The van der Waals surface area contributed by atoms with Crippen molar-refractivity contribution in [2.45, 2.75) is 12.5 Å². The van der Waals surface area contributed by atoms with Crippen molar-refractivity contribution in [2.75, 3.05) is 9.80 Å². The number of para-hydroxylation sites is 5. The lowest BCUT2D eigenvalue weighted by Gasteiger charge is -2.31. The largest absolute Gasteiger partial charge is 0.333 e. The first kappa shape index (κ1) is 35.8. The zero-order valence-electron chi connectivity index (χ0n) is 34.1. The van der Waals surface area contributed by atoms with E-state index in [2.05, 4.69) is 256 Å². The molecule has 0 saturated carbocycles. The first-order valence-electron chi connectivity index (χ1n) is 21.5. The maximum atomic E-state index is 2.57. The predicted octanol–water partition coefficient (Wildman–Crippen LogP) is 16.0. The van der Waals surface area contributed by atoms with Gasteiger partial charge in [-0.15, -0.1) is 0 Å². The lowest BCUT2D eigenvalue weighted by Crippen LogP contribution is -2.14. The molecule has 294 valence electrons. The Balaban J connectivity index is 1.18. The van der Waals surface area contributed by atoms with Crippen molar-refractivity contribution in [1.29, 1.82) is 0 Å². The number of nitrogens with zero attached hydrogens (tertiary/aromatic N) is 4. The smallest absolute Gasteiger partial charge is 0.0582 e. The average molecular weight is 795 g/mol. The normalized spacial score (nSPS) is 13.8. The summed E-state index contributed by atoms with van der Waals surface area (Å²) >= 11 is 0. The summed E-state index contributed by atoms with van der Waals surface area (Å²) in [4.78, 5) is 4.88. The molecular weight excluding hydrogens is 753 g/mol. The molecule has 0 saturated heterocycles. The number of hydrogen-bond acceptors (Lipinski definition) is 2. The van der Waals surface area contributed by atoms with Crippen LogP contribution in [-0.4, -0.2) is 9.13 Å². The van der Waals surface area contributed by atoms with Crippen LogP contribution in [0.3, 0.4) is 0 Å². The maximum absolute atomic E-state index is 2.57. The Labute approximate surface area is 360 Å². The number of aromatic nitrogens is 2. The lowest BCUT2D eigenvalue weighted by atomic mass is 10.0. The molecule has 62 heavy (non-hydrogen) atoms. The highest BCUT2D eigenvalue weighted by Gasteiger charge is 2.26. The highest BCUT2D eigenvalue weighted by Crippen LogP contribution is 2.49. The Kier molecular flexibility index (Phi) is 8.60. The van der Waals surface area contributed by atoms with Gasteiger partial charge in [-0.05, 0) is 114 Å². The third-order valence-electron chi connectivity index (χ3n) is 12.5. The van der Waals surface area contributed by atoms with Gasteiger partial charge in [0.2, 0.25) is 0 Å². The van der Waals surface area contributed by atoms with Crippen LogP contribution in [-0.2, 0) is 0 Å². The highest BCUT2D eigenvalue weighted by atomic mass is 15.2. The van der Waals surface area contributed by atoms with Gasteiger partial charge in [-0.25, -0.2) is 0 Å². The Hall–Kier alpha value is -8.08. The molecule has 1 aliphatic rings. The number of anilines is 6. The topological polar surface area (TPSA) is 16.3 Å². The second-order valence-electron chi connectivity index (χ2n) is 16.1. The number of rotatable bonds is 8. The van der Waals surface area contributed by atoms with Gasteiger partial charge in [0.25, 0.3) is 0 Å². The van der Waals surface area contributed by atoms with Crippen LogP contribution in [0.25, 0.3) is 60.1 Å². The minimum Gasteiger partial charge on any atom is -0.333 e. The van der Waals surface area contributed by atoms with Gasteiger partial charge in [-0.2, -0.15) is 0 Å². The van der Waals surface area contributed by atoms with Crippen molar-refractivity contribution in [3.63, 3.8) is 0 Å². The summed E-state index contributed by atoms with van der Waals surface area (Å²) in [6, 6.07) is 77.5. The van der Waals surface area contributed by atoms with Crippen molar-refractivity contribution < 1.29 is 0 Å². The molecule has 0 amide bonds. The zero-order valence-corrected chi connectivity index (χ0v) is 34.1. The second kappa shape index (κ2) is 14.9.